The van der Waals surface area contributed by atoms with Gasteiger partial charge in [-0.25, -0.2) is 13.6 Å². The van der Waals surface area contributed by atoms with E-state index in [4.69, 9.17) is 0 Å². The van der Waals surface area contributed by atoms with E-state index in [0.717, 1.165) is 28.4 Å². The number of hydrogen-bond acceptors (Lipinski definition) is 6. The Labute approximate surface area is 145 Å². The minimum Gasteiger partial charge on any atom is -0.503 e. The molecule has 1 aromatic carbocycles. The maximum absolute atomic E-state index is 14.0. The number of hydrogen-bond donors (Lipinski definition) is 1. The number of likely N-dealkylation sites (N-methyl/N-ethyl adjacent to an activating group) is 1. The summed E-state index contributed by atoms with van der Waals surface area (Å²) in [6, 6.07) is 1.05. The van der Waals surface area contributed by atoms with E-state index in [2.05, 4.69) is 10.2 Å². The molecule has 1 fully saturated rings. The minimum atomic E-state index is -1.12. The molecule has 3 amide bonds. The predicted molar refractivity (Wildman–Crippen MR) is 84.7 cm³/mol. The Morgan fingerprint density at radius 2 is 2.00 bits per heavy atom. The maximum atomic E-state index is 14.0. The van der Waals surface area contributed by atoms with E-state index in [9.17, 15) is 23.5 Å². The van der Waals surface area contributed by atoms with E-state index >= 15 is 0 Å². The third-order valence-corrected chi connectivity index (χ3v) is 4.89. The molecule has 0 saturated carbocycles. The monoisotopic (exact) mass is 368 g/mol. The standard InChI is InChI=1S/C15H14F2N4O3S/c1-3-20-14(23)7(2)21(15(20)24)6-10-18-19-13(25-10)8-4-5-9(16)12(22)11(8)17/h4-5,7,22H,3,6H2,1-2H3. The highest BCUT2D eigenvalue weighted by Crippen LogP contribution is 2.33. The van der Waals surface area contributed by atoms with Crippen LogP contribution in [0.15, 0.2) is 12.1 Å². The fourth-order valence-corrected chi connectivity index (χ4v) is 3.41. The van der Waals surface area contributed by atoms with Crippen molar-refractivity contribution in [2.24, 2.45) is 0 Å². The van der Waals surface area contributed by atoms with E-state index in [1.54, 1.807) is 13.8 Å². The minimum absolute atomic E-state index is 0.0503. The van der Waals surface area contributed by atoms with Gasteiger partial charge in [0.25, 0.3) is 5.91 Å². The molecule has 25 heavy (non-hydrogen) atoms. The van der Waals surface area contributed by atoms with Crippen LogP contribution in [0.25, 0.3) is 10.6 Å². The van der Waals surface area contributed by atoms with Crippen molar-refractivity contribution in [2.75, 3.05) is 6.54 Å². The van der Waals surface area contributed by atoms with Gasteiger partial charge in [-0.1, -0.05) is 11.3 Å². The van der Waals surface area contributed by atoms with Crippen LogP contribution in [0.4, 0.5) is 13.6 Å². The second kappa shape index (κ2) is 6.36. The number of halogens is 2. The number of aromatic hydroxyl groups is 1. The summed E-state index contributed by atoms with van der Waals surface area (Å²) in [4.78, 5) is 26.7. The number of rotatable bonds is 4. The van der Waals surface area contributed by atoms with Crippen molar-refractivity contribution >= 4 is 23.3 Å². The lowest BCUT2D eigenvalue weighted by molar-refractivity contribution is -0.127. The Kier molecular flexibility index (Phi) is 4.38. The van der Waals surface area contributed by atoms with Crippen LogP contribution < -0.4 is 0 Å². The number of carbonyl (C=O) groups excluding carboxylic acids is 2. The van der Waals surface area contributed by atoms with Gasteiger partial charge in [0, 0.05) is 6.54 Å². The van der Waals surface area contributed by atoms with Gasteiger partial charge in [0.15, 0.2) is 22.4 Å². The molecule has 2 aromatic rings. The van der Waals surface area contributed by atoms with Gasteiger partial charge in [-0.3, -0.25) is 9.69 Å². The van der Waals surface area contributed by atoms with Crippen molar-refractivity contribution in [3.8, 4) is 16.3 Å². The van der Waals surface area contributed by atoms with E-state index < -0.39 is 29.5 Å². The Bertz CT molecular complexity index is 857. The lowest BCUT2D eigenvalue weighted by atomic mass is 10.2. The first-order valence-corrected chi connectivity index (χ1v) is 8.28. The van der Waals surface area contributed by atoms with Gasteiger partial charge in [-0.15, -0.1) is 10.2 Å². The molecule has 0 aliphatic carbocycles. The summed E-state index contributed by atoms with van der Waals surface area (Å²) in [7, 11) is 0. The Hall–Kier alpha value is -2.62. The van der Waals surface area contributed by atoms with Crippen molar-refractivity contribution in [1.29, 1.82) is 0 Å². The highest BCUT2D eigenvalue weighted by molar-refractivity contribution is 7.14. The Morgan fingerprint density at radius 3 is 2.64 bits per heavy atom. The quantitative estimate of drug-likeness (QED) is 0.838. The maximum Gasteiger partial charge on any atom is 0.327 e. The molecule has 1 aromatic heterocycles. The highest BCUT2D eigenvalue weighted by Gasteiger charge is 2.41. The number of imide groups is 1. The van der Waals surface area contributed by atoms with Gasteiger partial charge in [0.2, 0.25) is 0 Å². The highest BCUT2D eigenvalue weighted by atomic mass is 32.1. The molecular formula is C15H14F2N4O3S. The van der Waals surface area contributed by atoms with Crippen LogP contribution in [-0.4, -0.2) is 49.6 Å². The second-order valence-corrected chi connectivity index (χ2v) is 6.49. The smallest absolute Gasteiger partial charge is 0.327 e. The summed E-state index contributed by atoms with van der Waals surface area (Å²) in [5.41, 5.74) is -0.0882. The average molecular weight is 368 g/mol. The molecule has 1 aliphatic heterocycles. The van der Waals surface area contributed by atoms with Gasteiger partial charge in [0.1, 0.15) is 11.0 Å². The second-order valence-electron chi connectivity index (χ2n) is 5.43. The summed E-state index contributed by atoms with van der Waals surface area (Å²) in [6.07, 6.45) is 0. The van der Waals surface area contributed by atoms with Gasteiger partial charge >= 0.3 is 6.03 Å². The lowest BCUT2D eigenvalue weighted by Crippen LogP contribution is -2.33. The number of amides is 3. The molecule has 7 nitrogen and oxygen atoms in total. The van der Waals surface area contributed by atoms with Crippen molar-refractivity contribution in [1.82, 2.24) is 20.0 Å². The third kappa shape index (κ3) is 2.82. The van der Waals surface area contributed by atoms with Gasteiger partial charge < -0.3 is 10.0 Å². The van der Waals surface area contributed by atoms with Gasteiger partial charge in [-0.05, 0) is 26.0 Å². The number of phenols is 1. The van der Waals surface area contributed by atoms with Crippen LogP contribution in [0, 0.1) is 11.6 Å². The Balaban J connectivity index is 1.85. The van der Waals surface area contributed by atoms with E-state index in [1.807, 2.05) is 0 Å². The molecule has 0 spiro atoms. The number of urea groups is 1. The number of benzene rings is 1. The van der Waals surface area contributed by atoms with Gasteiger partial charge in [0.05, 0.1) is 12.1 Å². The van der Waals surface area contributed by atoms with Crippen molar-refractivity contribution in [2.45, 2.75) is 26.4 Å². The average Bonchev–Trinajstić information content (AvgIpc) is 3.12. The molecule has 1 saturated heterocycles. The predicted octanol–water partition coefficient (Wildman–Crippen LogP) is 2.36. The SMILES string of the molecule is CCN1C(=O)C(C)N(Cc2nnc(-c3ccc(F)c(O)c3F)s2)C1=O. The number of phenolic OH excluding ortho intramolecular Hbond substituents is 1. The van der Waals surface area contributed by atoms with Crippen molar-refractivity contribution < 1.29 is 23.5 Å². The van der Waals surface area contributed by atoms with Crippen LogP contribution in [-0.2, 0) is 11.3 Å². The van der Waals surface area contributed by atoms with E-state index in [0.29, 0.717) is 5.01 Å². The summed E-state index contributed by atoms with van der Waals surface area (Å²) in [5.74, 6) is -3.56. The molecule has 2 heterocycles. The molecule has 1 N–H and O–H groups in total. The number of aromatic nitrogens is 2. The third-order valence-electron chi connectivity index (χ3n) is 3.95. The molecule has 132 valence electrons. The fraction of sp³-hybridized carbons (Fsp3) is 0.333. The van der Waals surface area contributed by atoms with Crippen LogP contribution in [0.1, 0.15) is 18.9 Å². The zero-order valence-corrected chi connectivity index (χ0v) is 14.2. The lowest BCUT2D eigenvalue weighted by Gasteiger charge is -2.16. The molecule has 0 radical (unpaired) electrons. The Morgan fingerprint density at radius 1 is 1.28 bits per heavy atom. The largest absolute Gasteiger partial charge is 0.503 e. The first kappa shape index (κ1) is 17.2. The fourth-order valence-electron chi connectivity index (χ4n) is 2.55. The normalized spacial score (nSPS) is 17.7. The van der Waals surface area contributed by atoms with E-state index in [1.165, 1.54) is 4.90 Å². The van der Waals surface area contributed by atoms with Gasteiger partial charge in [-0.2, -0.15) is 0 Å². The topological polar surface area (TPSA) is 86.6 Å². The van der Waals surface area contributed by atoms with Crippen LogP contribution in [0.3, 0.4) is 0 Å². The molecule has 1 atom stereocenters. The molecular weight excluding hydrogens is 354 g/mol. The number of nitrogens with zero attached hydrogens (tertiary/aromatic N) is 4. The van der Waals surface area contributed by atoms with Crippen LogP contribution >= 0.6 is 11.3 Å². The van der Waals surface area contributed by atoms with Crippen LogP contribution in [0.2, 0.25) is 0 Å². The summed E-state index contributed by atoms with van der Waals surface area (Å²) < 4.78 is 27.1. The first-order chi connectivity index (χ1) is 11.8. The summed E-state index contributed by atoms with van der Waals surface area (Å²) in [6.45, 7) is 3.66. The zero-order valence-electron chi connectivity index (χ0n) is 13.4. The van der Waals surface area contributed by atoms with Crippen molar-refractivity contribution in [3.63, 3.8) is 0 Å². The summed E-state index contributed by atoms with van der Waals surface area (Å²) >= 11 is 0.996. The molecule has 3 rings (SSSR count). The van der Waals surface area contributed by atoms with Crippen molar-refractivity contribution in [3.05, 3.63) is 28.8 Å². The van der Waals surface area contributed by atoms with Crippen LogP contribution in [0.5, 0.6) is 5.75 Å². The van der Waals surface area contributed by atoms with E-state index in [-0.39, 0.29) is 29.6 Å². The molecule has 1 aliphatic rings. The summed E-state index contributed by atoms with van der Waals surface area (Å²) in [5, 5.41) is 17.6. The first-order valence-electron chi connectivity index (χ1n) is 7.46. The zero-order chi connectivity index (χ0) is 18.3. The molecule has 0 bridgehead atoms. The molecule has 1 unspecified atom stereocenters. The number of carbonyl (C=O) groups is 2. The molecule has 10 heteroatoms.